The van der Waals surface area contributed by atoms with Gasteiger partial charge < -0.3 is 19.5 Å². The lowest BCUT2D eigenvalue weighted by molar-refractivity contribution is -0.138. The Morgan fingerprint density at radius 3 is 1.16 bits per heavy atom. The summed E-state index contributed by atoms with van der Waals surface area (Å²) < 4.78 is 11.1. The van der Waals surface area contributed by atoms with Gasteiger partial charge in [0.05, 0.1) is 13.2 Å². The highest BCUT2D eigenvalue weighted by Gasteiger charge is 2.07. The lowest BCUT2D eigenvalue weighted by Gasteiger charge is -2.22. The molecular formula is C45H85NO5. The zero-order valence-corrected chi connectivity index (χ0v) is 34.4. The van der Waals surface area contributed by atoms with Crippen molar-refractivity contribution in [1.82, 2.24) is 4.90 Å². The second kappa shape index (κ2) is 39.5. The second-order valence-corrected chi connectivity index (χ2v) is 14.9. The van der Waals surface area contributed by atoms with E-state index in [2.05, 4.69) is 32.6 Å². The molecule has 6 heteroatoms. The Morgan fingerprint density at radius 1 is 0.431 bits per heavy atom. The average molecular weight is 720 g/mol. The topological polar surface area (TPSA) is 76.1 Å². The van der Waals surface area contributed by atoms with E-state index in [1.807, 2.05) is 0 Å². The number of allylic oxidation sites excluding steroid dienone is 2. The molecule has 0 heterocycles. The Kier molecular flexibility index (Phi) is 38.3. The number of hydrogen-bond acceptors (Lipinski definition) is 6. The Hall–Kier alpha value is -1.66. The Labute approximate surface area is 317 Å². The van der Waals surface area contributed by atoms with Crippen LogP contribution in [0.4, 0.5) is 0 Å². The molecule has 300 valence electrons. The first-order chi connectivity index (χ1) is 25.0. The second-order valence-electron chi connectivity index (χ2n) is 14.9. The number of rotatable bonds is 39. The Bertz CT molecular complexity index is 774. The highest BCUT2D eigenvalue weighted by Crippen LogP contribution is 2.18. The van der Waals surface area contributed by atoms with Crippen LogP contribution in [0.15, 0.2) is 23.3 Å². The maximum Gasteiger partial charge on any atom is 0.330 e. The van der Waals surface area contributed by atoms with Gasteiger partial charge in [-0.15, -0.1) is 0 Å². The molecule has 0 aliphatic heterocycles. The first-order valence-electron chi connectivity index (χ1n) is 22.1. The number of aliphatic hydroxyl groups excluding tert-OH is 1. The summed E-state index contributed by atoms with van der Waals surface area (Å²) in [5.41, 5.74) is 2.54. The molecule has 0 aliphatic carbocycles. The van der Waals surface area contributed by atoms with Gasteiger partial charge in [0.25, 0.3) is 0 Å². The quantitative estimate of drug-likeness (QED) is 0.0387. The molecule has 0 bridgehead atoms. The van der Waals surface area contributed by atoms with Crippen molar-refractivity contribution in [2.24, 2.45) is 0 Å². The monoisotopic (exact) mass is 720 g/mol. The molecule has 0 fully saturated rings. The number of nitrogens with zero attached hydrogens (tertiary/aromatic N) is 1. The Morgan fingerprint density at radius 2 is 0.765 bits per heavy atom. The molecule has 0 aromatic rings. The van der Waals surface area contributed by atoms with Crippen LogP contribution in [0.2, 0.25) is 0 Å². The zero-order chi connectivity index (χ0) is 37.5. The van der Waals surface area contributed by atoms with E-state index in [0.29, 0.717) is 13.2 Å². The number of esters is 2. The molecule has 0 radical (unpaired) electrons. The van der Waals surface area contributed by atoms with Crippen LogP contribution >= 0.6 is 0 Å². The molecule has 0 aromatic carbocycles. The van der Waals surface area contributed by atoms with E-state index in [-0.39, 0.29) is 18.5 Å². The van der Waals surface area contributed by atoms with Crippen molar-refractivity contribution in [1.29, 1.82) is 0 Å². The minimum Gasteiger partial charge on any atom is -0.463 e. The van der Waals surface area contributed by atoms with E-state index in [4.69, 9.17) is 9.47 Å². The van der Waals surface area contributed by atoms with Crippen LogP contribution in [0.3, 0.4) is 0 Å². The van der Waals surface area contributed by atoms with E-state index in [9.17, 15) is 14.7 Å². The first kappa shape index (κ1) is 49.3. The van der Waals surface area contributed by atoms with Gasteiger partial charge in [0.15, 0.2) is 0 Å². The molecule has 0 saturated heterocycles. The van der Waals surface area contributed by atoms with Crippen LogP contribution in [-0.2, 0) is 19.1 Å². The van der Waals surface area contributed by atoms with Crippen LogP contribution in [0.25, 0.3) is 0 Å². The number of aliphatic hydroxyl groups is 1. The normalized spacial score (nSPS) is 12.2. The molecule has 6 nitrogen and oxygen atoms in total. The number of carbonyl (C=O) groups excluding carboxylic acids is 2. The molecule has 0 aliphatic rings. The fraction of sp³-hybridized carbons (Fsp3) is 0.867. The maximum absolute atomic E-state index is 12.4. The largest absolute Gasteiger partial charge is 0.463 e. The van der Waals surface area contributed by atoms with Crippen LogP contribution in [0.1, 0.15) is 214 Å². The van der Waals surface area contributed by atoms with E-state index < -0.39 is 0 Å². The van der Waals surface area contributed by atoms with Crippen molar-refractivity contribution in [2.75, 3.05) is 39.5 Å². The maximum atomic E-state index is 12.4. The van der Waals surface area contributed by atoms with Crippen molar-refractivity contribution in [2.45, 2.75) is 214 Å². The average Bonchev–Trinajstić information content (AvgIpc) is 3.13. The van der Waals surface area contributed by atoms with E-state index in [1.165, 1.54) is 114 Å². The highest BCUT2D eigenvalue weighted by molar-refractivity contribution is 5.83. The fourth-order valence-corrected chi connectivity index (χ4v) is 6.59. The molecule has 0 saturated carbocycles. The van der Waals surface area contributed by atoms with Crippen molar-refractivity contribution in [3.05, 3.63) is 23.3 Å². The number of carbonyl (C=O) groups is 2. The summed E-state index contributed by atoms with van der Waals surface area (Å²) >= 11 is 0. The molecule has 0 spiro atoms. The minimum absolute atomic E-state index is 0.148. The third-order valence-electron chi connectivity index (χ3n) is 9.91. The summed E-state index contributed by atoms with van der Waals surface area (Å²) in [6.07, 6.45) is 36.8. The van der Waals surface area contributed by atoms with Crippen molar-refractivity contribution < 1.29 is 24.2 Å². The SMILES string of the molecule is CCCCCC/C(=C/C(=O)OCCCCCCCCN(CCCO)CCCCCCCCOC(=O)/C=C(\CCCC)CCCCCC)CCCC. The predicted octanol–water partition coefficient (Wildman–Crippen LogP) is 12.6. The highest BCUT2D eigenvalue weighted by atomic mass is 16.5. The molecule has 0 unspecified atom stereocenters. The summed E-state index contributed by atoms with van der Waals surface area (Å²) in [5, 5.41) is 9.37. The van der Waals surface area contributed by atoms with Gasteiger partial charge in [-0.3, -0.25) is 0 Å². The molecule has 51 heavy (non-hydrogen) atoms. The third kappa shape index (κ3) is 35.2. The van der Waals surface area contributed by atoms with Crippen molar-refractivity contribution >= 4 is 11.9 Å². The lowest BCUT2D eigenvalue weighted by atomic mass is 10.0. The van der Waals surface area contributed by atoms with Crippen LogP contribution in [-0.4, -0.2) is 61.4 Å². The van der Waals surface area contributed by atoms with Crippen molar-refractivity contribution in [3.63, 3.8) is 0 Å². The van der Waals surface area contributed by atoms with Gasteiger partial charge >= 0.3 is 11.9 Å². The number of ether oxygens (including phenoxy) is 2. The molecule has 0 aromatic heterocycles. The van der Waals surface area contributed by atoms with Crippen LogP contribution in [0.5, 0.6) is 0 Å². The fourth-order valence-electron chi connectivity index (χ4n) is 6.59. The zero-order valence-electron chi connectivity index (χ0n) is 34.4. The summed E-state index contributed by atoms with van der Waals surface area (Å²) in [6, 6.07) is 0. The molecule has 0 atom stereocenters. The minimum atomic E-state index is -0.148. The molecule has 1 N–H and O–H groups in total. The van der Waals surface area contributed by atoms with E-state index in [0.717, 1.165) is 103 Å². The van der Waals surface area contributed by atoms with Gasteiger partial charge in [-0.05, 0) is 96.6 Å². The first-order valence-corrected chi connectivity index (χ1v) is 22.1. The Balaban J connectivity index is 4.03. The number of hydrogen-bond donors (Lipinski definition) is 1. The summed E-state index contributed by atoms with van der Waals surface area (Å²) in [6.45, 7) is 13.4. The van der Waals surface area contributed by atoms with Crippen molar-refractivity contribution in [3.8, 4) is 0 Å². The standard InChI is InChI=1S/C45H85NO5/c1-5-9-13-23-32-42(30-11-7-3)40-44(48)50-38-27-21-17-15-19-25-34-46(36-29-37-47)35-26-20-16-18-22-28-39-51-45(49)41-43(31-12-8-4)33-24-14-10-6-2/h40-41,47H,5-39H2,1-4H3/b42-40+,43-41+. The smallest absolute Gasteiger partial charge is 0.330 e. The van der Waals surface area contributed by atoms with Gasteiger partial charge in [0, 0.05) is 25.3 Å². The summed E-state index contributed by atoms with van der Waals surface area (Å²) in [5.74, 6) is -0.296. The van der Waals surface area contributed by atoms with Gasteiger partial charge in [0.1, 0.15) is 0 Å². The molecule has 0 amide bonds. The van der Waals surface area contributed by atoms with Gasteiger partial charge in [-0.25, -0.2) is 9.59 Å². The van der Waals surface area contributed by atoms with Gasteiger partial charge in [-0.1, -0.05) is 142 Å². The van der Waals surface area contributed by atoms with Crippen LogP contribution < -0.4 is 0 Å². The van der Waals surface area contributed by atoms with Crippen LogP contribution in [0, 0.1) is 0 Å². The lowest BCUT2D eigenvalue weighted by Crippen LogP contribution is -2.27. The third-order valence-corrected chi connectivity index (χ3v) is 9.91. The van der Waals surface area contributed by atoms with Gasteiger partial charge in [-0.2, -0.15) is 0 Å². The van der Waals surface area contributed by atoms with Gasteiger partial charge in [0.2, 0.25) is 0 Å². The van der Waals surface area contributed by atoms with E-state index >= 15 is 0 Å². The summed E-state index contributed by atoms with van der Waals surface area (Å²) in [4.78, 5) is 27.2. The summed E-state index contributed by atoms with van der Waals surface area (Å²) in [7, 11) is 0. The molecule has 0 rings (SSSR count). The number of unbranched alkanes of at least 4 members (excludes halogenated alkanes) is 18. The molecular weight excluding hydrogens is 634 g/mol. The predicted molar refractivity (Wildman–Crippen MR) is 218 cm³/mol. The van der Waals surface area contributed by atoms with E-state index in [1.54, 1.807) is 12.2 Å².